The minimum atomic E-state index is -0.682. The lowest BCUT2D eigenvalue weighted by Gasteiger charge is -2.07. The first kappa shape index (κ1) is 14.0. The quantitative estimate of drug-likeness (QED) is 0.697. The van der Waals surface area contributed by atoms with E-state index < -0.39 is 11.6 Å². The zero-order valence-corrected chi connectivity index (χ0v) is 12.3. The van der Waals surface area contributed by atoms with E-state index in [0.717, 1.165) is 17.3 Å². The summed E-state index contributed by atoms with van der Waals surface area (Å²) < 4.78 is 30.7. The van der Waals surface area contributed by atoms with Crippen molar-refractivity contribution in [2.24, 2.45) is 7.05 Å². The van der Waals surface area contributed by atoms with Gasteiger partial charge in [-0.3, -0.25) is 4.68 Å². The minimum Gasteiger partial charge on any atom is -0.322 e. The predicted octanol–water partition coefficient (Wildman–Crippen LogP) is 3.14. The van der Waals surface area contributed by atoms with Crippen LogP contribution in [0.25, 0.3) is 11.0 Å². The smallest absolute Gasteiger partial charge is 0.153 e. The predicted molar refractivity (Wildman–Crippen MR) is 76.3 cm³/mol. The Morgan fingerprint density at radius 3 is 2.67 bits per heavy atom. The molecule has 0 atom stereocenters. The number of benzene rings is 1. The topological polar surface area (TPSA) is 35.6 Å². The standard InChI is InChI=1S/C14H13ClF2N4/c1-8-9(6-20(2)19-8)7-21-12-4-10(16)3-11(17)14(12)18-13(21)5-15/h3-4,6H,5,7H2,1-2H3. The lowest BCUT2D eigenvalue weighted by Crippen LogP contribution is -2.04. The van der Waals surface area contributed by atoms with Gasteiger partial charge in [0.25, 0.3) is 0 Å². The van der Waals surface area contributed by atoms with Gasteiger partial charge >= 0.3 is 0 Å². The second-order valence-electron chi connectivity index (χ2n) is 4.92. The Morgan fingerprint density at radius 2 is 2.05 bits per heavy atom. The van der Waals surface area contributed by atoms with Gasteiger partial charge in [0.2, 0.25) is 0 Å². The summed E-state index contributed by atoms with van der Waals surface area (Å²) in [5.74, 6) is -0.697. The maximum Gasteiger partial charge on any atom is 0.153 e. The van der Waals surface area contributed by atoms with E-state index >= 15 is 0 Å². The maximum atomic E-state index is 13.8. The van der Waals surface area contributed by atoms with Crippen LogP contribution in [0, 0.1) is 18.6 Å². The molecular formula is C14H13ClF2N4. The molecule has 0 spiro atoms. The number of imidazole rings is 1. The monoisotopic (exact) mass is 310 g/mol. The normalized spacial score (nSPS) is 11.5. The van der Waals surface area contributed by atoms with Gasteiger partial charge in [-0.1, -0.05) is 0 Å². The third-order valence-electron chi connectivity index (χ3n) is 3.41. The molecule has 4 nitrogen and oxygen atoms in total. The van der Waals surface area contributed by atoms with Crippen LogP contribution < -0.4 is 0 Å². The Hall–Kier alpha value is -1.95. The van der Waals surface area contributed by atoms with Crippen molar-refractivity contribution in [3.63, 3.8) is 0 Å². The number of rotatable bonds is 3. The molecule has 21 heavy (non-hydrogen) atoms. The summed E-state index contributed by atoms with van der Waals surface area (Å²) in [6.07, 6.45) is 1.87. The molecule has 3 rings (SSSR count). The van der Waals surface area contributed by atoms with Crippen molar-refractivity contribution < 1.29 is 8.78 Å². The first-order chi connectivity index (χ1) is 9.99. The highest BCUT2D eigenvalue weighted by Crippen LogP contribution is 2.23. The van der Waals surface area contributed by atoms with E-state index in [2.05, 4.69) is 10.1 Å². The van der Waals surface area contributed by atoms with Crippen LogP contribution in [-0.2, 0) is 19.5 Å². The first-order valence-electron chi connectivity index (χ1n) is 6.39. The minimum absolute atomic E-state index is 0.120. The van der Waals surface area contributed by atoms with Crippen LogP contribution in [0.15, 0.2) is 18.3 Å². The van der Waals surface area contributed by atoms with Gasteiger partial charge in [0.1, 0.15) is 17.2 Å². The Balaban J connectivity index is 2.18. The van der Waals surface area contributed by atoms with E-state index in [1.807, 2.05) is 20.2 Å². The van der Waals surface area contributed by atoms with Gasteiger partial charge in [0.15, 0.2) is 5.82 Å². The second kappa shape index (κ2) is 5.11. The van der Waals surface area contributed by atoms with E-state index in [4.69, 9.17) is 11.6 Å². The Labute approximate surface area is 125 Å². The van der Waals surface area contributed by atoms with Crippen LogP contribution >= 0.6 is 11.6 Å². The number of aryl methyl sites for hydroxylation is 2. The molecular weight excluding hydrogens is 298 g/mol. The van der Waals surface area contributed by atoms with Gasteiger partial charge in [0.05, 0.1) is 23.6 Å². The molecule has 0 aliphatic heterocycles. The fourth-order valence-corrected chi connectivity index (χ4v) is 2.65. The molecule has 0 saturated carbocycles. The number of fused-ring (bicyclic) bond motifs is 1. The summed E-state index contributed by atoms with van der Waals surface area (Å²) in [7, 11) is 1.82. The van der Waals surface area contributed by atoms with Gasteiger partial charge in [-0.05, 0) is 13.0 Å². The van der Waals surface area contributed by atoms with Crippen molar-refractivity contribution in [2.75, 3.05) is 0 Å². The average Bonchev–Trinajstić information content (AvgIpc) is 2.91. The fourth-order valence-electron chi connectivity index (χ4n) is 2.45. The van der Waals surface area contributed by atoms with Crippen molar-refractivity contribution in [2.45, 2.75) is 19.3 Å². The van der Waals surface area contributed by atoms with Crippen LogP contribution in [0.5, 0.6) is 0 Å². The number of aromatic nitrogens is 4. The lowest BCUT2D eigenvalue weighted by atomic mass is 10.2. The van der Waals surface area contributed by atoms with Gasteiger partial charge in [-0.25, -0.2) is 13.8 Å². The van der Waals surface area contributed by atoms with Crippen molar-refractivity contribution in [3.8, 4) is 0 Å². The Morgan fingerprint density at radius 1 is 1.29 bits per heavy atom. The summed E-state index contributed by atoms with van der Waals surface area (Å²) in [5, 5.41) is 4.26. The van der Waals surface area contributed by atoms with Gasteiger partial charge in [0, 0.05) is 24.9 Å². The SMILES string of the molecule is Cc1nn(C)cc1Cn1c(CCl)nc2c(F)cc(F)cc21. The van der Waals surface area contributed by atoms with Crippen LogP contribution in [0.1, 0.15) is 17.1 Å². The van der Waals surface area contributed by atoms with Crippen LogP contribution in [0.4, 0.5) is 8.78 Å². The molecule has 0 saturated heterocycles. The molecule has 3 aromatic rings. The molecule has 0 amide bonds. The summed E-state index contributed by atoms with van der Waals surface area (Å²) in [5.41, 5.74) is 2.34. The lowest BCUT2D eigenvalue weighted by molar-refractivity contribution is 0.590. The first-order valence-corrected chi connectivity index (χ1v) is 6.92. The highest BCUT2D eigenvalue weighted by atomic mass is 35.5. The molecule has 0 aliphatic rings. The number of hydrogen-bond acceptors (Lipinski definition) is 2. The maximum absolute atomic E-state index is 13.8. The van der Waals surface area contributed by atoms with E-state index in [1.165, 1.54) is 6.07 Å². The highest BCUT2D eigenvalue weighted by molar-refractivity contribution is 6.16. The van der Waals surface area contributed by atoms with Crippen molar-refractivity contribution in [3.05, 3.63) is 47.0 Å². The molecule has 0 unspecified atom stereocenters. The summed E-state index contributed by atoms with van der Waals surface area (Å²) in [6, 6.07) is 2.10. The van der Waals surface area contributed by atoms with E-state index in [0.29, 0.717) is 17.9 Å². The van der Waals surface area contributed by atoms with Crippen molar-refractivity contribution >= 4 is 22.6 Å². The fraction of sp³-hybridized carbons (Fsp3) is 0.286. The third kappa shape index (κ3) is 2.40. The van der Waals surface area contributed by atoms with Crippen molar-refractivity contribution in [1.29, 1.82) is 0 Å². The van der Waals surface area contributed by atoms with E-state index in [1.54, 1.807) is 9.25 Å². The Kier molecular flexibility index (Phi) is 3.41. The molecule has 0 bridgehead atoms. The van der Waals surface area contributed by atoms with Crippen LogP contribution in [0.3, 0.4) is 0 Å². The summed E-state index contributed by atoms with van der Waals surface area (Å²) in [4.78, 5) is 4.17. The highest BCUT2D eigenvalue weighted by Gasteiger charge is 2.16. The second-order valence-corrected chi connectivity index (χ2v) is 5.18. The number of hydrogen-bond donors (Lipinski definition) is 0. The summed E-state index contributed by atoms with van der Waals surface area (Å²) >= 11 is 5.89. The molecule has 7 heteroatoms. The van der Waals surface area contributed by atoms with Gasteiger partial charge < -0.3 is 4.57 Å². The average molecular weight is 311 g/mol. The number of halogens is 3. The Bertz CT molecular complexity index is 822. The van der Waals surface area contributed by atoms with Crippen molar-refractivity contribution in [1.82, 2.24) is 19.3 Å². The molecule has 0 aliphatic carbocycles. The molecule has 1 aromatic carbocycles. The molecule has 110 valence electrons. The van der Waals surface area contributed by atoms with Gasteiger partial charge in [-0.15, -0.1) is 11.6 Å². The zero-order valence-electron chi connectivity index (χ0n) is 11.6. The molecule has 0 N–H and O–H groups in total. The largest absolute Gasteiger partial charge is 0.322 e. The molecule has 0 fully saturated rings. The third-order valence-corrected chi connectivity index (χ3v) is 3.65. The molecule has 2 heterocycles. The zero-order chi connectivity index (χ0) is 15.1. The van der Waals surface area contributed by atoms with E-state index in [-0.39, 0.29) is 11.4 Å². The molecule has 2 aromatic heterocycles. The summed E-state index contributed by atoms with van der Waals surface area (Å²) in [6.45, 7) is 2.30. The number of nitrogens with zero attached hydrogens (tertiary/aromatic N) is 4. The molecule has 0 radical (unpaired) electrons. The van der Waals surface area contributed by atoms with Crippen LogP contribution in [-0.4, -0.2) is 19.3 Å². The van der Waals surface area contributed by atoms with Crippen LogP contribution in [0.2, 0.25) is 0 Å². The van der Waals surface area contributed by atoms with E-state index in [9.17, 15) is 8.78 Å². The number of alkyl halides is 1. The van der Waals surface area contributed by atoms with Gasteiger partial charge in [-0.2, -0.15) is 5.10 Å².